The van der Waals surface area contributed by atoms with E-state index in [9.17, 15) is 5.02 Å². The van der Waals surface area contributed by atoms with Gasteiger partial charge < -0.3 is 15.4 Å². The van der Waals surface area contributed by atoms with Crippen molar-refractivity contribution in [3.63, 3.8) is 0 Å². The van der Waals surface area contributed by atoms with Crippen LogP contribution in [0.25, 0.3) is 11.1 Å². The maximum absolute atomic E-state index is 10.0. The Morgan fingerprint density at radius 1 is 1.00 bits per heavy atom. The van der Waals surface area contributed by atoms with E-state index in [1.807, 2.05) is 54.6 Å². The van der Waals surface area contributed by atoms with Gasteiger partial charge >= 0.3 is 7.12 Å². The van der Waals surface area contributed by atoms with Crippen LogP contribution in [0.5, 0.6) is 0 Å². The maximum Gasteiger partial charge on any atom is 0.491 e. The van der Waals surface area contributed by atoms with E-state index < -0.39 is 7.12 Å². The Labute approximate surface area is 107 Å². The standard InChI is InChI=1S/C14H16BNO2/c16-10-11-18-15(17)14-9-5-4-8-13(14)12-6-2-1-3-7-12/h1-9,17H,10-11,16H2. The molecule has 0 amide bonds. The van der Waals surface area contributed by atoms with Crippen LogP contribution in [0.15, 0.2) is 54.6 Å². The molecule has 92 valence electrons. The topological polar surface area (TPSA) is 55.5 Å². The van der Waals surface area contributed by atoms with Gasteiger partial charge in [-0.1, -0.05) is 54.6 Å². The summed E-state index contributed by atoms with van der Waals surface area (Å²) in [7, 11) is -0.940. The Morgan fingerprint density at radius 2 is 1.67 bits per heavy atom. The Balaban J connectivity index is 2.31. The molecule has 0 spiro atoms. The van der Waals surface area contributed by atoms with Crippen molar-refractivity contribution in [3.05, 3.63) is 54.6 Å². The minimum absolute atomic E-state index is 0.338. The number of nitrogens with two attached hydrogens (primary N) is 1. The van der Waals surface area contributed by atoms with Crippen molar-refractivity contribution >= 4 is 12.6 Å². The summed E-state index contributed by atoms with van der Waals surface area (Å²) in [6, 6.07) is 17.6. The molecule has 0 unspecified atom stereocenters. The third kappa shape index (κ3) is 2.98. The quantitative estimate of drug-likeness (QED) is 0.768. The molecule has 2 aromatic carbocycles. The maximum atomic E-state index is 10.0. The summed E-state index contributed by atoms with van der Waals surface area (Å²) in [5.74, 6) is 0. The Kier molecular flexibility index (Phi) is 4.53. The van der Waals surface area contributed by atoms with Gasteiger partial charge in [0.1, 0.15) is 0 Å². The van der Waals surface area contributed by atoms with Gasteiger partial charge in [-0.15, -0.1) is 0 Å². The van der Waals surface area contributed by atoms with Crippen LogP contribution in [0.4, 0.5) is 0 Å². The minimum Gasteiger partial charge on any atom is -0.423 e. The van der Waals surface area contributed by atoms with Crippen LogP contribution in [0.2, 0.25) is 0 Å². The number of rotatable bonds is 5. The Bertz CT molecular complexity index is 490. The van der Waals surface area contributed by atoms with Crippen molar-refractivity contribution in [1.29, 1.82) is 0 Å². The Morgan fingerprint density at radius 3 is 2.39 bits per heavy atom. The predicted octanol–water partition coefficient (Wildman–Crippen LogP) is 1.02. The molecule has 0 aromatic heterocycles. The van der Waals surface area contributed by atoms with Crippen molar-refractivity contribution in [2.75, 3.05) is 13.2 Å². The van der Waals surface area contributed by atoms with E-state index in [2.05, 4.69) is 0 Å². The fourth-order valence-electron chi connectivity index (χ4n) is 1.86. The zero-order valence-corrected chi connectivity index (χ0v) is 10.1. The highest BCUT2D eigenvalue weighted by Gasteiger charge is 2.19. The van der Waals surface area contributed by atoms with Crippen LogP contribution in [0.3, 0.4) is 0 Å². The first-order valence-corrected chi connectivity index (χ1v) is 5.97. The SMILES string of the molecule is NCCOB(O)c1ccccc1-c1ccccc1. The molecule has 0 fully saturated rings. The lowest BCUT2D eigenvalue weighted by atomic mass is 9.75. The lowest BCUT2D eigenvalue weighted by Crippen LogP contribution is -2.36. The molecule has 0 saturated heterocycles. The van der Waals surface area contributed by atoms with Crippen molar-refractivity contribution in [2.24, 2.45) is 5.73 Å². The van der Waals surface area contributed by atoms with Crippen LogP contribution < -0.4 is 11.2 Å². The molecular formula is C14H16BNO2. The monoisotopic (exact) mass is 241 g/mol. The first kappa shape index (κ1) is 12.8. The average Bonchev–Trinajstić information content (AvgIpc) is 2.45. The molecule has 4 heteroatoms. The molecule has 0 saturated carbocycles. The van der Waals surface area contributed by atoms with Crippen molar-refractivity contribution in [1.82, 2.24) is 0 Å². The lowest BCUT2D eigenvalue weighted by Gasteiger charge is -2.12. The fourth-order valence-corrected chi connectivity index (χ4v) is 1.86. The second-order valence-electron chi connectivity index (χ2n) is 3.97. The predicted molar refractivity (Wildman–Crippen MR) is 74.5 cm³/mol. The number of benzene rings is 2. The van der Waals surface area contributed by atoms with Crippen LogP contribution in [0, 0.1) is 0 Å². The zero-order chi connectivity index (χ0) is 12.8. The minimum atomic E-state index is -0.940. The second-order valence-corrected chi connectivity index (χ2v) is 3.97. The van der Waals surface area contributed by atoms with Crippen molar-refractivity contribution in [2.45, 2.75) is 0 Å². The molecule has 18 heavy (non-hydrogen) atoms. The highest BCUT2D eigenvalue weighted by atomic mass is 16.5. The largest absolute Gasteiger partial charge is 0.491 e. The first-order valence-electron chi connectivity index (χ1n) is 5.97. The molecule has 0 bridgehead atoms. The molecule has 3 nitrogen and oxygen atoms in total. The Hall–Kier alpha value is -1.62. The van der Waals surface area contributed by atoms with Gasteiger partial charge in [0.25, 0.3) is 0 Å². The van der Waals surface area contributed by atoms with Gasteiger partial charge in [-0.25, -0.2) is 0 Å². The van der Waals surface area contributed by atoms with Gasteiger partial charge in [0, 0.05) is 13.2 Å². The van der Waals surface area contributed by atoms with E-state index in [0.717, 1.165) is 16.6 Å². The average molecular weight is 241 g/mol. The molecule has 0 heterocycles. The molecule has 0 radical (unpaired) electrons. The highest BCUT2D eigenvalue weighted by Crippen LogP contribution is 2.16. The van der Waals surface area contributed by atoms with Gasteiger partial charge in [0.05, 0.1) is 0 Å². The first-order chi connectivity index (χ1) is 8.83. The molecule has 0 aliphatic rings. The summed E-state index contributed by atoms with van der Waals surface area (Å²) in [6.07, 6.45) is 0. The van der Waals surface area contributed by atoms with E-state index >= 15 is 0 Å². The van der Waals surface area contributed by atoms with Gasteiger partial charge in [-0.3, -0.25) is 0 Å². The number of hydrogen-bond donors (Lipinski definition) is 2. The van der Waals surface area contributed by atoms with E-state index in [4.69, 9.17) is 10.4 Å². The molecule has 3 N–H and O–H groups in total. The smallest absolute Gasteiger partial charge is 0.423 e. The zero-order valence-electron chi connectivity index (χ0n) is 10.1. The molecule has 2 aromatic rings. The van der Waals surface area contributed by atoms with E-state index in [0.29, 0.717) is 13.2 Å². The highest BCUT2D eigenvalue weighted by molar-refractivity contribution is 6.61. The third-order valence-electron chi connectivity index (χ3n) is 2.71. The van der Waals surface area contributed by atoms with Gasteiger partial charge in [-0.05, 0) is 16.6 Å². The lowest BCUT2D eigenvalue weighted by molar-refractivity contribution is 0.279. The van der Waals surface area contributed by atoms with E-state index in [-0.39, 0.29) is 0 Å². The van der Waals surface area contributed by atoms with Crippen LogP contribution in [-0.4, -0.2) is 25.3 Å². The van der Waals surface area contributed by atoms with Gasteiger partial charge in [0.15, 0.2) is 0 Å². The van der Waals surface area contributed by atoms with Gasteiger partial charge in [-0.2, -0.15) is 0 Å². The summed E-state index contributed by atoms with van der Waals surface area (Å²) in [4.78, 5) is 0. The summed E-state index contributed by atoms with van der Waals surface area (Å²) in [5.41, 5.74) is 8.16. The normalized spacial score (nSPS) is 10.3. The molecule has 2 rings (SSSR count). The molecule has 0 atom stereocenters. The molecule has 0 aliphatic carbocycles. The van der Waals surface area contributed by atoms with Crippen molar-refractivity contribution < 1.29 is 9.68 Å². The van der Waals surface area contributed by atoms with Crippen LogP contribution >= 0.6 is 0 Å². The fraction of sp³-hybridized carbons (Fsp3) is 0.143. The van der Waals surface area contributed by atoms with Crippen LogP contribution in [0.1, 0.15) is 0 Å². The molecular weight excluding hydrogens is 225 g/mol. The van der Waals surface area contributed by atoms with Crippen LogP contribution in [-0.2, 0) is 4.65 Å². The van der Waals surface area contributed by atoms with E-state index in [1.54, 1.807) is 0 Å². The van der Waals surface area contributed by atoms with Gasteiger partial charge in [0.2, 0.25) is 0 Å². The second kappa shape index (κ2) is 6.35. The third-order valence-corrected chi connectivity index (χ3v) is 2.71. The summed E-state index contributed by atoms with van der Waals surface area (Å²) in [5, 5.41) is 10.0. The van der Waals surface area contributed by atoms with Crippen molar-refractivity contribution in [3.8, 4) is 11.1 Å². The summed E-state index contributed by atoms with van der Waals surface area (Å²) in [6.45, 7) is 0.731. The molecule has 0 aliphatic heterocycles. The summed E-state index contributed by atoms with van der Waals surface area (Å²) < 4.78 is 5.27. The van der Waals surface area contributed by atoms with E-state index in [1.165, 1.54) is 0 Å². The number of hydrogen-bond acceptors (Lipinski definition) is 3. The summed E-state index contributed by atoms with van der Waals surface area (Å²) >= 11 is 0.